The Balaban J connectivity index is 2.25. The van der Waals surface area contributed by atoms with Crippen molar-refractivity contribution in [3.05, 3.63) is 28.7 Å². The number of carbonyl (C=O) groups is 1. The molecule has 96 valence electrons. The largest absolute Gasteiger partial charge is 0.336 e. The maximum atomic E-state index is 11.5. The average Bonchev–Trinajstić information content (AvgIpc) is 2.53. The number of benzene rings is 1. The zero-order valence-corrected chi connectivity index (χ0v) is 10.6. The van der Waals surface area contributed by atoms with E-state index in [4.69, 9.17) is 0 Å². The molecule has 1 aromatic carbocycles. The topological polar surface area (TPSA) is 78.9 Å². The van der Waals surface area contributed by atoms with Gasteiger partial charge in [0.1, 0.15) is 0 Å². The second-order valence-electron chi connectivity index (χ2n) is 4.47. The fourth-order valence-electron chi connectivity index (χ4n) is 1.74. The van der Waals surface area contributed by atoms with Crippen LogP contribution in [-0.4, -0.2) is 21.6 Å². The molecule has 1 heterocycles. The molecule has 0 saturated heterocycles. The number of anilines is 1. The molecule has 6 nitrogen and oxygen atoms in total. The normalized spacial score (nSPS) is 10.9. The first-order valence-electron chi connectivity index (χ1n) is 5.73. The molecular weight excluding hydrogens is 232 g/mol. The smallest absolute Gasteiger partial charge is 0.326 e. The van der Waals surface area contributed by atoms with Crippen molar-refractivity contribution in [2.24, 2.45) is 7.05 Å². The highest BCUT2D eigenvalue weighted by molar-refractivity contribution is 5.92. The van der Waals surface area contributed by atoms with E-state index in [9.17, 15) is 9.59 Å². The number of hydrogen-bond acceptors (Lipinski definition) is 2. The maximum absolute atomic E-state index is 11.5. The maximum Gasteiger partial charge on any atom is 0.326 e. The molecule has 0 saturated carbocycles. The van der Waals surface area contributed by atoms with Gasteiger partial charge in [0.25, 0.3) is 0 Å². The van der Waals surface area contributed by atoms with Crippen LogP contribution in [0.5, 0.6) is 0 Å². The summed E-state index contributed by atoms with van der Waals surface area (Å²) in [5.41, 5.74) is 1.97. The Morgan fingerprint density at radius 3 is 2.78 bits per heavy atom. The van der Waals surface area contributed by atoms with E-state index in [-0.39, 0.29) is 17.8 Å². The first-order chi connectivity index (χ1) is 8.47. The zero-order chi connectivity index (χ0) is 13.3. The lowest BCUT2D eigenvalue weighted by molar-refractivity contribution is 0.250. The van der Waals surface area contributed by atoms with E-state index in [1.54, 1.807) is 25.2 Å². The van der Waals surface area contributed by atoms with Gasteiger partial charge < -0.3 is 15.6 Å². The van der Waals surface area contributed by atoms with Gasteiger partial charge in [-0.3, -0.25) is 4.57 Å². The van der Waals surface area contributed by atoms with Gasteiger partial charge in [-0.15, -0.1) is 0 Å². The molecule has 18 heavy (non-hydrogen) atoms. The quantitative estimate of drug-likeness (QED) is 0.751. The minimum atomic E-state index is -0.261. The summed E-state index contributed by atoms with van der Waals surface area (Å²) in [5, 5.41) is 5.44. The Kier molecular flexibility index (Phi) is 3.10. The van der Waals surface area contributed by atoms with Crippen molar-refractivity contribution >= 4 is 22.8 Å². The Hall–Kier alpha value is -2.24. The number of urea groups is 1. The molecule has 2 amide bonds. The number of imidazole rings is 1. The fourth-order valence-corrected chi connectivity index (χ4v) is 1.74. The van der Waals surface area contributed by atoms with Crippen LogP contribution < -0.4 is 16.3 Å². The highest BCUT2D eigenvalue weighted by Crippen LogP contribution is 2.15. The number of hydrogen-bond donors (Lipinski definition) is 3. The summed E-state index contributed by atoms with van der Waals surface area (Å²) >= 11 is 0. The Bertz CT molecular complexity index is 639. The van der Waals surface area contributed by atoms with E-state index in [0.29, 0.717) is 11.2 Å². The van der Waals surface area contributed by atoms with Crippen molar-refractivity contribution < 1.29 is 4.79 Å². The minimum absolute atomic E-state index is 0.0743. The van der Waals surface area contributed by atoms with Crippen LogP contribution in [0.4, 0.5) is 10.5 Å². The molecule has 2 rings (SSSR count). The van der Waals surface area contributed by atoms with Gasteiger partial charge in [-0.05, 0) is 32.0 Å². The number of carbonyl (C=O) groups excluding carboxylic acids is 1. The zero-order valence-electron chi connectivity index (χ0n) is 10.6. The van der Waals surface area contributed by atoms with Crippen LogP contribution in [0, 0.1) is 0 Å². The number of nitrogens with zero attached hydrogens (tertiary/aromatic N) is 1. The van der Waals surface area contributed by atoms with Crippen LogP contribution >= 0.6 is 0 Å². The van der Waals surface area contributed by atoms with Crippen molar-refractivity contribution in [3.8, 4) is 0 Å². The van der Waals surface area contributed by atoms with E-state index in [2.05, 4.69) is 15.6 Å². The molecule has 2 aromatic rings. The summed E-state index contributed by atoms with van der Waals surface area (Å²) in [6, 6.07) is 5.09. The number of nitrogens with one attached hydrogen (secondary N) is 3. The van der Waals surface area contributed by atoms with E-state index in [0.717, 1.165) is 5.52 Å². The Labute approximate surface area is 104 Å². The van der Waals surface area contributed by atoms with E-state index in [1.165, 1.54) is 4.57 Å². The molecule has 0 aliphatic heterocycles. The van der Waals surface area contributed by atoms with Gasteiger partial charge in [0.05, 0.1) is 11.0 Å². The highest BCUT2D eigenvalue weighted by Gasteiger charge is 2.06. The molecule has 0 aliphatic carbocycles. The van der Waals surface area contributed by atoms with Crippen molar-refractivity contribution in [2.75, 3.05) is 5.32 Å². The van der Waals surface area contributed by atoms with Gasteiger partial charge in [0, 0.05) is 18.8 Å². The summed E-state index contributed by atoms with van der Waals surface area (Å²) < 4.78 is 1.52. The molecule has 0 aliphatic rings. The fraction of sp³-hybridized carbons (Fsp3) is 0.333. The average molecular weight is 248 g/mol. The van der Waals surface area contributed by atoms with Crippen LogP contribution in [0.25, 0.3) is 11.0 Å². The minimum Gasteiger partial charge on any atom is -0.336 e. The standard InChI is InChI=1S/C12H16N4O2/c1-7(2)13-11(17)14-8-4-5-10-9(6-8)15-12(18)16(10)3/h4-7H,1-3H3,(H,15,18)(H2,13,14,17). The molecule has 0 spiro atoms. The first-order valence-corrected chi connectivity index (χ1v) is 5.73. The Morgan fingerprint density at radius 1 is 1.39 bits per heavy atom. The summed E-state index contributed by atoms with van der Waals surface area (Å²) in [4.78, 5) is 25.7. The molecule has 0 bridgehead atoms. The molecule has 1 aromatic heterocycles. The predicted molar refractivity (Wildman–Crippen MR) is 70.8 cm³/mol. The lowest BCUT2D eigenvalue weighted by atomic mass is 10.2. The third kappa shape index (κ3) is 2.37. The predicted octanol–water partition coefficient (Wildman–Crippen LogP) is 1.40. The van der Waals surface area contributed by atoms with Crippen molar-refractivity contribution in [2.45, 2.75) is 19.9 Å². The molecular formula is C12H16N4O2. The summed E-state index contributed by atoms with van der Waals surface area (Å²) in [7, 11) is 1.69. The van der Waals surface area contributed by atoms with E-state index >= 15 is 0 Å². The number of aromatic nitrogens is 2. The van der Waals surface area contributed by atoms with Crippen LogP contribution in [0.2, 0.25) is 0 Å². The second kappa shape index (κ2) is 4.56. The number of aromatic amines is 1. The van der Waals surface area contributed by atoms with Crippen LogP contribution in [-0.2, 0) is 7.05 Å². The SMILES string of the molecule is CC(C)NC(=O)Nc1ccc2c(c1)[nH]c(=O)n2C. The number of fused-ring (bicyclic) bond motifs is 1. The molecule has 3 N–H and O–H groups in total. The molecule has 6 heteroatoms. The molecule has 0 atom stereocenters. The number of H-pyrrole nitrogens is 1. The molecule has 0 unspecified atom stereocenters. The second-order valence-corrected chi connectivity index (χ2v) is 4.47. The van der Waals surface area contributed by atoms with Gasteiger partial charge in [0.2, 0.25) is 0 Å². The van der Waals surface area contributed by atoms with Crippen molar-refractivity contribution in [1.29, 1.82) is 0 Å². The first kappa shape index (κ1) is 12.2. The molecule has 0 radical (unpaired) electrons. The molecule has 0 fully saturated rings. The summed E-state index contributed by atoms with van der Waals surface area (Å²) in [6.07, 6.45) is 0. The van der Waals surface area contributed by atoms with Crippen LogP contribution in [0.3, 0.4) is 0 Å². The lowest BCUT2D eigenvalue weighted by Crippen LogP contribution is -2.34. The van der Waals surface area contributed by atoms with Gasteiger partial charge in [-0.1, -0.05) is 0 Å². The van der Waals surface area contributed by atoms with Crippen molar-refractivity contribution in [1.82, 2.24) is 14.9 Å². The number of rotatable bonds is 2. The van der Waals surface area contributed by atoms with Gasteiger partial charge in [-0.2, -0.15) is 0 Å². The highest BCUT2D eigenvalue weighted by atomic mass is 16.2. The van der Waals surface area contributed by atoms with Crippen LogP contribution in [0.1, 0.15) is 13.8 Å². The third-order valence-electron chi connectivity index (χ3n) is 2.58. The lowest BCUT2D eigenvalue weighted by Gasteiger charge is -2.10. The van der Waals surface area contributed by atoms with Crippen LogP contribution in [0.15, 0.2) is 23.0 Å². The number of aryl methyl sites for hydroxylation is 1. The monoisotopic (exact) mass is 248 g/mol. The van der Waals surface area contributed by atoms with Crippen molar-refractivity contribution in [3.63, 3.8) is 0 Å². The van der Waals surface area contributed by atoms with E-state index in [1.807, 2.05) is 13.8 Å². The number of amides is 2. The van der Waals surface area contributed by atoms with Gasteiger partial charge in [0.15, 0.2) is 0 Å². The summed E-state index contributed by atoms with van der Waals surface area (Å²) in [5.74, 6) is 0. The Morgan fingerprint density at radius 2 is 2.11 bits per heavy atom. The summed E-state index contributed by atoms with van der Waals surface area (Å²) in [6.45, 7) is 3.77. The third-order valence-corrected chi connectivity index (χ3v) is 2.58. The van der Waals surface area contributed by atoms with Gasteiger partial charge >= 0.3 is 11.7 Å². The van der Waals surface area contributed by atoms with E-state index < -0.39 is 0 Å². The van der Waals surface area contributed by atoms with Gasteiger partial charge in [-0.25, -0.2) is 9.59 Å².